The van der Waals surface area contributed by atoms with Gasteiger partial charge in [0.05, 0.1) is 13.6 Å². The minimum atomic E-state index is -1.37. The highest BCUT2D eigenvalue weighted by atomic mass is 28.3. The number of hydrogen-bond acceptors (Lipinski definition) is 2. The smallest absolute Gasteiger partial charge is 0.153 e. The molecule has 0 heterocycles. The van der Waals surface area contributed by atoms with Crippen molar-refractivity contribution in [3.8, 4) is 5.75 Å². The lowest BCUT2D eigenvalue weighted by Crippen LogP contribution is -2.37. The van der Waals surface area contributed by atoms with Crippen molar-refractivity contribution in [2.45, 2.75) is 19.6 Å². The molecule has 70 valence electrons. The predicted molar refractivity (Wildman–Crippen MR) is 56.5 cm³/mol. The van der Waals surface area contributed by atoms with Gasteiger partial charge in [-0.3, -0.25) is 4.79 Å². The van der Waals surface area contributed by atoms with E-state index in [0.717, 1.165) is 0 Å². The molecular weight excluding hydrogens is 180 g/mol. The van der Waals surface area contributed by atoms with Gasteiger partial charge in [0.15, 0.2) is 6.29 Å². The summed E-state index contributed by atoms with van der Waals surface area (Å²) in [5, 5.41) is 10.5. The largest absolute Gasteiger partial charge is 0.507 e. The first-order chi connectivity index (χ1) is 5.95. The lowest BCUT2D eigenvalue weighted by molar-refractivity contribution is 0.112. The van der Waals surface area contributed by atoms with Gasteiger partial charge in [-0.2, -0.15) is 0 Å². The monoisotopic (exact) mass is 194 g/mol. The van der Waals surface area contributed by atoms with Gasteiger partial charge in [-0.05, 0) is 12.1 Å². The Balaban J connectivity index is 3.21. The van der Waals surface area contributed by atoms with E-state index >= 15 is 0 Å². The molecule has 1 N–H and O–H groups in total. The lowest BCUT2D eigenvalue weighted by Gasteiger charge is -2.16. The Bertz CT molecular complexity index is 326. The maximum absolute atomic E-state index is 10.6. The molecule has 1 rings (SSSR count). The number of rotatable bonds is 2. The highest BCUT2D eigenvalue weighted by molar-refractivity contribution is 6.88. The van der Waals surface area contributed by atoms with Gasteiger partial charge in [0.25, 0.3) is 0 Å². The third kappa shape index (κ3) is 2.18. The molecule has 0 spiro atoms. The zero-order valence-electron chi connectivity index (χ0n) is 8.16. The predicted octanol–water partition coefficient (Wildman–Crippen LogP) is 1.75. The minimum absolute atomic E-state index is 0.0667. The summed E-state index contributed by atoms with van der Waals surface area (Å²) in [5.74, 6) is 0.0667. The van der Waals surface area contributed by atoms with E-state index in [1.165, 1.54) is 5.19 Å². The second-order valence-electron chi connectivity index (χ2n) is 4.14. The summed E-state index contributed by atoms with van der Waals surface area (Å²) in [6, 6.07) is 5.28. The molecule has 0 unspecified atom stereocenters. The van der Waals surface area contributed by atoms with Crippen LogP contribution in [0.15, 0.2) is 18.2 Å². The van der Waals surface area contributed by atoms with E-state index in [9.17, 15) is 9.90 Å². The molecule has 0 radical (unpaired) electrons. The number of benzene rings is 1. The van der Waals surface area contributed by atoms with Crippen molar-refractivity contribution in [1.29, 1.82) is 0 Å². The van der Waals surface area contributed by atoms with Gasteiger partial charge in [-0.15, -0.1) is 0 Å². The first-order valence-electron chi connectivity index (χ1n) is 4.24. The summed E-state index contributed by atoms with van der Waals surface area (Å²) in [7, 11) is -1.37. The molecular formula is C10H14O2Si. The van der Waals surface area contributed by atoms with Crippen molar-refractivity contribution >= 4 is 19.5 Å². The average Bonchev–Trinajstić information content (AvgIpc) is 2.03. The van der Waals surface area contributed by atoms with Crippen LogP contribution < -0.4 is 5.19 Å². The Labute approximate surface area is 79.2 Å². The van der Waals surface area contributed by atoms with Crippen molar-refractivity contribution in [2.75, 3.05) is 0 Å². The van der Waals surface area contributed by atoms with Gasteiger partial charge >= 0.3 is 0 Å². The van der Waals surface area contributed by atoms with Gasteiger partial charge in [-0.1, -0.05) is 30.9 Å². The maximum atomic E-state index is 10.6. The number of phenolic OH excluding ortho intramolecular Hbond substituents is 1. The molecule has 0 atom stereocenters. The summed E-state index contributed by atoms with van der Waals surface area (Å²) in [5.41, 5.74) is 0.389. The first-order valence-corrected chi connectivity index (χ1v) is 7.74. The standard InChI is InChI=1S/C10H14O2Si/c1-13(2,3)9-4-5-10(12)8(6-9)7-11/h4-7,12H,1-3H3. The fourth-order valence-corrected chi connectivity index (χ4v) is 2.29. The van der Waals surface area contributed by atoms with E-state index < -0.39 is 8.07 Å². The molecule has 0 aliphatic carbocycles. The number of carbonyl (C=O) groups is 1. The zero-order valence-corrected chi connectivity index (χ0v) is 9.16. The second kappa shape index (κ2) is 3.34. The van der Waals surface area contributed by atoms with Crippen LogP contribution in [-0.4, -0.2) is 19.5 Å². The van der Waals surface area contributed by atoms with Crippen molar-refractivity contribution in [1.82, 2.24) is 0 Å². The Morgan fingerprint density at radius 2 is 1.92 bits per heavy atom. The van der Waals surface area contributed by atoms with Crippen LogP contribution >= 0.6 is 0 Å². The topological polar surface area (TPSA) is 37.3 Å². The molecule has 1 aromatic rings. The van der Waals surface area contributed by atoms with Crippen LogP contribution in [0.5, 0.6) is 5.75 Å². The van der Waals surface area contributed by atoms with Crippen molar-refractivity contribution < 1.29 is 9.90 Å². The highest BCUT2D eigenvalue weighted by Crippen LogP contribution is 2.14. The molecule has 13 heavy (non-hydrogen) atoms. The third-order valence-electron chi connectivity index (χ3n) is 2.02. The molecule has 0 amide bonds. The average molecular weight is 194 g/mol. The van der Waals surface area contributed by atoms with Crippen LogP contribution in [0.1, 0.15) is 10.4 Å². The van der Waals surface area contributed by atoms with E-state index in [1.54, 1.807) is 12.1 Å². The first kappa shape index (κ1) is 9.99. The zero-order chi connectivity index (χ0) is 10.1. The lowest BCUT2D eigenvalue weighted by atomic mass is 10.2. The Hall–Kier alpha value is -1.09. The van der Waals surface area contributed by atoms with Gasteiger partial charge in [-0.25, -0.2) is 0 Å². The third-order valence-corrected chi connectivity index (χ3v) is 4.06. The molecule has 0 fully saturated rings. The molecule has 3 heteroatoms. The summed E-state index contributed by atoms with van der Waals surface area (Å²) < 4.78 is 0. The number of hydrogen-bond donors (Lipinski definition) is 1. The van der Waals surface area contributed by atoms with Crippen LogP contribution in [0.25, 0.3) is 0 Å². The summed E-state index contributed by atoms with van der Waals surface area (Å²) >= 11 is 0. The van der Waals surface area contributed by atoms with Crippen LogP contribution in [0.2, 0.25) is 19.6 Å². The molecule has 0 aliphatic rings. The normalized spacial score (nSPS) is 11.3. The summed E-state index contributed by atoms with van der Waals surface area (Å²) in [6.45, 7) is 6.61. The van der Waals surface area contributed by atoms with Crippen LogP contribution in [-0.2, 0) is 0 Å². The molecule has 2 nitrogen and oxygen atoms in total. The van der Waals surface area contributed by atoms with Crippen molar-refractivity contribution in [2.24, 2.45) is 0 Å². The van der Waals surface area contributed by atoms with Crippen LogP contribution in [0.3, 0.4) is 0 Å². The fraction of sp³-hybridized carbons (Fsp3) is 0.300. The van der Waals surface area contributed by atoms with Crippen LogP contribution in [0.4, 0.5) is 0 Å². The molecule has 0 aromatic heterocycles. The number of carbonyl (C=O) groups excluding carboxylic acids is 1. The molecule has 1 aromatic carbocycles. The number of phenols is 1. The SMILES string of the molecule is C[Si](C)(C)c1ccc(O)c(C=O)c1. The van der Waals surface area contributed by atoms with E-state index in [2.05, 4.69) is 19.6 Å². The van der Waals surface area contributed by atoms with E-state index in [0.29, 0.717) is 11.8 Å². The van der Waals surface area contributed by atoms with E-state index in [4.69, 9.17) is 0 Å². The quantitative estimate of drug-likeness (QED) is 0.575. The van der Waals surface area contributed by atoms with E-state index in [1.807, 2.05) is 6.07 Å². The Morgan fingerprint density at radius 1 is 1.31 bits per heavy atom. The fourth-order valence-electron chi connectivity index (χ4n) is 1.12. The van der Waals surface area contributed by atoms with Gasteiger partial charge in [0.1, 0.15) is 5.75 Å². The number of aromatic hydroxyl groups is 1. The van der Waals surface area contributed by atoms with Gasteiger partial charge in [0, 0.05) is 0 Å². The summed E-state index contributed by atoms with van der Waals surface area (Å²) in [4.78, 5) is 10.6. The van der Waals surface area contributed by atoms with Crippen molar-refractivity contribution in [3.63, 3.8) is 0 Å². The van der Waals surface area contributed by atoms with E-state index in [-0.39, 0.29) is 5.75 Å². The Kier molecular flexibility index (Phi) is 2.57. The number of aldehydes is 1. The second-order valence-corrected chi connectivity index (χ2v) is 9.22. The maximum Gasteiger partial charge on any atom is 0.153 e. The Morgan fingerprint density at radius 3 is 2.38 bits per heavy atom. The molecule has 0 aliphatic heterocycles. The summed E-state index contributed by atoms with van der Waals surface area (Å²) in [6.07, 6.45) is 0.693. The van der Waals surface area contributed by atoms with Gasteiger partial charge < -0.3 is 5.11 Å². The molecule has 0 saturated carbocycles. The molecule has 0 bridgehead atoms. The van der Waals surface area contributed by atoms with Crippen LogP contribution in [0, 0.1) is 0 Å². The minimum Gasteiger partial charge on any atom is -0.507 e. The van der Waals surface area contributed by atoms with Crippen molar-refractivity contribution in [3.05, 3.63) is 23.8 Å². The highest BCUT2D eigenvalue weighted by Gasteiger charge is 2.17. The molecule has 0 saturated heterocycles. The van der Waals surface area contributed by atoms with Gasteiger partial charge in [0.2, 0.25) is 0 Å².